The zero-order valence-corrected chi connectivity index (χ0v) is 19.6. The molecule has 2 aliphatic rings. The highest BCUT2D eigenvalue weighted by Crippen LogP contribution is 2.60. The van der Waals surface area contributed by atoms with Crippen molar-refractivity contribution in [2.75, 3.05) is 0 Å². The van der Waals surface area contributed by atoms with E-state index in [1.165, 1.54) is 0 Å². The third-order valence-electron chi connectivity index (χ3n) is 7.34. The smallest absolute Gasteiger partial charge is 0.334 e. The minimum atomic E-state index is -1.07. The highest BCUT2D eigenvalue weighted by atomic mass is 16.6. The number of carbonyl (C=O) groups excluding carboxylic acids is 2. The molecule has 0 aromatic carbocycles. The van der Waals surface area contributed by atoms with Gasteiger partial charge in [0.1, 0.15) is 23.9 Å². The molecule has 1 aromatic heterocycles. The molecule has 0 aliphatic heterocycles. The van der Waals surface area contributed by atoms with E-state index in [0.29, 0.717) is 30.4 Å². The van der Waals surface area contributed by atoms with E-state index in [1.807, 2.05) is 13.8 Å². The van der Waals surface area contributed by atoms with Crippen molar-refractivity contribution in [1.82, 2.24) is 0 Å². The van der Waals surface area contributed by atoms with Crippen LogP contribution in [-0.2, 0) is 30.3 Å². The number of carboxylic acids is 1. The van der Waals surface area contributed by atoms with Gasteiger partial charge in [-0.3, -0.25) is 4.79 Å². The molecule has 3 rings (SSSR count). The fourth-order valence-electron chi connectivity index (χ4n) is 5.15. The second-order valence-corrected chi connectivity index (χ2v) is 9.09. The maximum atomic E-state index is 12.8. The van der Waals surface area contributed by atoms with Crippen molar-refractivity contribution in [2.24, 2.45) is 17.3 Å². The molecule has 0 unspecified atom stereocenters. The molecule has 32 heavy (non-hydrogen) atoms. The fraction of sp³-hybridized carbons (Fsp3) is 0.560. The van der Waals surface area contributed by atoms with Crippen molar-refractivity contribution in [3.63, 3.8) is 0 Å². The number of fused-ring (bicyclic) bond motifs is 2. The predicted molar refractivity (Wildman–Crippen MR) is 117 cm³/mol. The topological polar surface area (TPSA) is 103 Å². The lowest BCUT2D eigenvalue weighted by molar-refractivity contribution is -0.196. The molecule has 0 amide bonds. The normalized spacial score (nSPS) is 30.2. The van der Waals surface area contributed by atoms with E-state index < -0.39 is 41.4 Å². The summed E-state index contributed by atoms with van der Waals surface area (Å²) in [5, 5.41) is 10.3. The van der Waals surface area contributed by atoms with Crippen LogP contribution in [0.1, 0.15) is 70.5 Å². The monoisotopic (exact) mass is 444 g/mol. The predicted octanol–water partition coefficient (Wildman–Crippen LogP) is 4.69. The number of furan rings is 1. The summed E-state index contributed by atoms with van der Waals surface area (Å²) in [5.41, 5.74) is 1.41. The summed E-state index contributed by atoms with van der Waals surface area (Å²) >= 11 is 0. The second kappa shape index (κ2) is 8.96. The number of aryl methyl sites for hydroxylation is 1. The van der Waals surface area contributed by atoms with Crippen molar-refractivity contribution in [1.29, 1.82) is 0 Å². The Labute approximate surface area is 188 Å². The number of ether oxygens (including phenoxy) is 2. The SMILES string of the molecule is CC=C(C)C(=O)O[C@@H]1CC[C@H]2Cc3occ(C)c3[C@H](OC(=O)C(C)=CC)[C@@]2(C)[C@@H]1C(=O)O. The van der Waals surface area contributed by atoms with Crippen LogP contribution in [0.5, 0.6) is 0 Å². The van der Waals surface area contributed by atoms with Gasteiger partial charge >= 0.3 is 17.9 Å². The summed E-state index contributed by atoms with van der Waals surface area (Å²) in [6, 6.07) is 0. The summed E-state index contributed by atoms with van der Waals surface area (Å²) in [4.78, 5) is 37.9. The van der Waals surface area contributed by atoms with Crippen LogP contribution in [0.2, 0.25) is 0 Å². The molecule has 0 spiro atoms. The largest absolute Gasteiger partial charge is 0.481 e. The van der Waals surface area contributed by atoms with Gasteiger partial charge in [0, 0.05) is 28.5 Å². The Kier molecular flexibility index (Phi) is 6.67. The Hall–Kier alpha value is -2.83. The van der Waals surface area contributed by atoms with Crippen LogP contribution in [0.4, 0.5) is 0 Å². The van der Waals surface area contributed by atoms with Gasteiger partial charge in [-0.15, -0.1) is 0 Å². The number of rotatable bonds is 5. The number of esters is 2. The van der Waals surface area contributed by atoms with Gasteiger partial charge in [-0.25, -0.2) is 9.59 Å². The second-order valence-electron chi connectivity index (χ2n) is 9.09. The third kappa shape index (κ3) is 3.89. The van der Waals surface area contributed by atoms with Crippen molar-refractivity contribution in [2.45, 2.75) is 73.0 Å². The van der Waals surface area contributed by atoms with Crippen LogP contribution in [0.25, 0.3) is 0 Å². The molecule has 1 saturated carbocycles. The molecule has 0 radical (unpaired) electrons. The first-order valence-electron chi connectivity index (χ1n) is 11.0. The molecule has 1 heterocycles. The van der Waals surface area contributed by atoms with Crippen molar-refractivity contribution >= 4 is 17.9 Å². The van der Waals surface area contributed by atoms with Crippen LogP contribution in [-0.4, -0.2) is 29.1 Å². The van der Waals surface area contributed by atoms with E-state index in [0.717, 1.165) is 16.9 Å². The van der Waals surface area contributed by atoms with Gasteiger partial charge in [-0.2, -0.15) is 0 Å². The zero-order valence-electron chi connectivity index (χ0n) is 19.6. The molecular weight excluding hydrogens is 412 g/mol. The van der Waals surface area contributed by atoms with Gasteiger partial charge in [-0.05, 0) is 58.9 Å². The maximum absolute atomic E-state index is 12.8. The van der Waals surface area contributed by atoms with Gasteiger partial charge in [0.15, 0.2) is 0 Å². The van der Waals surface area contributed by atoms with E-state index in [9.17, 15) is 19.5 Å². The average Bonchev–Trinajstić information content (AvgIpc) is 3.12. The average molecular weight is 445 g/mol. The van der Waals surface area contributed by atoms with E-state index in [2.05, 4.69) is 0 Å². The lowest BCUT2D eigenvalue weighted by Gasteiger charge is -2.53. The molecular formula is C25H32O7. The Bertz CT molecular complexity index is 982. The number of aliphatic carboxylic acids is 1. The summed E-state index contributed by atoms with van der Waals surface area (Å²) in [6.07, 6.45) is 4.86. The number of allylic oxidation sites excluding steroid dienone is 2. The lowest BCUT2D eigenvalue weighted by Crippen LogP contribution is -2.56. The van der Waals surface area contributed by atoms with Gasteiger partial charge < -0.3 is 19.0 Å². The number of carboxylic acid groups (broad SMARTS) is 1. The molecule has 7 nitrogen and oxygen atoms in total. The first kappa shape index (κ1) is 23.8. The first-order valence-corrected chi connectivity index (χ1v) is 11.0. The molecule has 2 aliphatic carbocycles. The van der Waals surface area contributed by atoms with Crippen molar-refractivity contribution in [3.8, 4) is 0 Å². The van der Waals surface area contributed by atoms with Gasteiger partial charge in [-0.1, -0.05) is 19.1 Å². The van der Waals surface area contributed by atoms with Crippen molar-refractivity contribution < 1.29 is 33.4 Å². The summed E-state index contributed by atoms with van der Waals surface area (Å²) in [5.74, 6) is -2.52. The standard InChI is InChI=1S/C25H32O7/c1-7-13(3)23(28)31-17-10-9-16-11-18-19(15(5)12-30-18)21(32-24(29)14(4)8-2)25(16,6)20(17)22(26)27/h7-8,12,16-17,20-21H,9-11H2,1-6H3,(H,26,27)/t16-,17+,20-,21-,25+/m0/s1. The lowest BCUT2D eigenvalue weighted by atomic mass is 9.53. The van der Waals surface area contributed by atoms with Crippen LogP contribution < -0.4 is 0 Å². The minimum absolute atomic E-state index is 0.108. The molecule has 174 valence electrons. The van der Waals surface area contributed by atoms with E-state index >= 15 is 0 Å². The molecule has 1 fully saturated rings. The summed E-state index contributed by atoms with van der Waals surface area (Å²) in [6.45, 7) is 10.5. The molecule has 0 saturated heterocycles. The van der Waals surface area contributed by atoms with Gasteiger partial charge in [0.2, 0.25) is 0 Å². The number of hydrogen-bond acceptors (Lipinski definition) is 6. The van der Waals surface area contributed by atoms with Crippen LogP contribution >= 0.6 is 0 Å². The number of carbonyl (C=O) groups is 3. The summed E-state index contributed by atoms with van der Waals surface area (Å²) < 4.78 is 17.5. The highest BCUT2D eigenvalue weighted by molar-refractivity contribution is 5.88. The van der Waals surface area contributed by atoms with Gasteiger partial charge in [0.25, 0.3) is 0 Å². The molecule has 7 heteroatoms. The molecule has 1 N–H and O–H groups in total. The van der Waals surface area contributed by atoms with Crippen LogP contribution in [0.15, 0.2) is 34.0 Å². The van der Waals surface area contributed by atoms with E-state index in [-0.39, 0.29) is 5.92 Å². The zero-order chi connectivity index (χ0) is 23.8. The van der Waals surface area contributed by atoms with Gasteiger partial charge in [0.05, 0.1) is 6.26 Å². The third-order valence-corrected chi connectivity index (χ3v) is 7.34. The van der Waals surface area contributed by atoms with E-state index in [1.54, 1.807) is 46.1 Å². The minimum Gasteiger partial charge on any atom is -0.481 e. The first-order chi connectivity index (χ1) is 15.1. The molecule has 5 atom stereocenters. The molecule has 0 bridgehead atoms. The summed E-state index contributed by atoms with van der Waals surface area (Å²) in [7, 11) is 0. The molecule has 1 aromatic rings. The quantitative estimate of drug-likeness (QED) is 0.519. The Morgan fingerprint density at radius 3 is 2.25 bits per heavy atom. The Morgan fingerprint density at radius 1 is 1.09 bits per heavy atom. The Morgan fingerprint density at radius 2 is 1.69 bits per heavy atom. The maximum Gasteiger partial charge on any atom is 0.334 e. The Balaban J connectivity index is 2.10. The number of hydrogen-bond donors (Lipinski definition) is 1. The van der Waals surface area contributed by atoms with Crippen molar-refractivity contribution in [3.05, 3.63) is 46.4 Å². The van der Waals surface area contributed by atoms with E-state index in [4.69, 9.17) is 13.9 Å². The highest BCUT2D eigenvalue weighted by Gasteiger charge is 2.62. The van der Waals surface area contributed by atoms with Crippen LogP contribution in [0.3, 0.4) is 0 Å². The van der Waals surface area contributed by atoms with Crippen LogP contribution in [0, 0.1) is 24.2 Å². The fourth-order valence-corrected chi connectivity index (χ4v) is 5.15.